The van der Waals surface area contributed by atoms with E-state index in [4.69, 9.17) is 11.6 Å². The Balaban J connectivity index is 2.26. The zero-order valence-electron chi connectivity index (χ0n) is 8.25. The Morgan fingerprint density at radius 3 is 2.87 bits per heavy atom. The second kappa shape index (κ2) is 5.03. The second-order valence-electron chi connectivity index (χ2n) is 3.34. The second-order valence-corrected chi connectivity index (χ2v) is 4.83. The fourth-order valence-corrected chi connectivity index (χ4v) is 2.68. The first-order chi connectivity index (χ1) is 7.33. The van der Waals surface area contributed by atoms with E-state index in [1.165, 1.54) is 0 Å². The first-order valence-electron chi connectivity index (χ1n) is 4.85. The highest BCUT2D eigenvalue weighted by atomic mass is 35.5. The lowest BCUT2D eigenvalue weighted by molar-refractivity contribution is 0.601. The summed E-state index contributed by atoms with van der Waals surface area (Å²) >= 11 is 7.54. The molecule has 0 saturated carbocycles. The van der Waals surface area contributed by atoms with Crippen LogP contribution in [0.2, 0.25) is 0 Å². The molecule has 5 heteroatoms. The van der Waals surface area contributed by atoms with Crippen molar-refractivity contribution in [3.63, 3.8) is 0 Å². The molecule has 0 unspecified atom stereocenters. The van der Waals surface area contributed by atoms with E-state index in [1.54, 1.807) is 12.3 Å². The maximum absolute atomic E-state index is 13.9. The molecule has 1 aromatic rings. The number of rotatable bonds is 2. The van der Waals surface area contributed by atoms with Gasteiger partial charge in [-0.2, -0.15) is 11.8 Å². The van der Waals surface area contributed by atoms with E-state index in [0.29, 0.717) is 11.4 Å². The number of anilines is 1. The van der Waals surface area contributed by atoms with Crippen LogP contribution in [0.15, 0.2) is 12.3 Å². The first kappa shape index (κ1) is 11.0. The monoisotopic (exact) mass is 246 g/mol. The predicted molar refractivity (Wildman–Crippen MR) is 63.3 cm³/mol. The Labute approximate surface area is 97.8 Å². The van der Waals surface area contributed by atoms with Crippen LogP contribution in [0.3, 0.4) is 0 Å². The van der Waals surface area contributed by atoms with Crippen molar-refractivity contribution < 1.29 is 4.39 Å². The van der Waals surface area contributed by atoms with Gasteiger partial charge in [-0.1, -0.05) is 0 Å². The highest BCUT2D eigenvalue weighted by molar-refractivity contribution is 7.99. The van der Waals surface area contributed by atoms with Gasteiger partial charge in [0.15, 0.2) is 11.6 Å². The Bertz CT molecular complexity index is 342. The van der Waals surface area contributed by atoms with Crippen molar-refractivity contribution in [3.05, 3.63) is 23.6 Å². The van der Waals surface area contributed by atoms with Crippen LogP contribution >= 0.6 is 23.4 Å². The zero-order valence-corrected chi connectivity index (χ0v) is 9.82. The summed E-state index contributed by atoms with van der Waals surface area (Å²) in [5.41, 5.74) is 0.528. The molecule has 1 aliphatic rings. The number of aromatic nitrogens is 1. The molecular weight excluding hydrogens is 235 g/mol. The van der Waals surface area contributed by atoms with Gasteiger partial charge in [0.25, 0.3) is 0 Å². The van der Waals surface area contributed by atoms with Crippen molar-refractivity contribution in [1.29, 1.82) is 0 Å². The molecule has 0 radical (unpaired) electrons. The van der Waals surface area contributed by atoms with Crippen molar-refractivity contribution in [2.75, 3.05) is 29.5 Å². The fraction of sp³-hybridized carbons (Fsp3) is 0.500. The Morgan fingerprint density at radius 1 is 1.47 bits per heavy atom. The van der Waals surface area contributed by atoms with Crippen LogP contribution < -0.4 is 4.90 Å². The van der Waals surface area contributed by atoms with Gasteiger partial charge in [0, 0.05) is 36.4 Å². The van der Waals surface area contributed by atoms with Crippen molar-refractivity contribution in [2.24, 2.45) is 0 Å². The summed E-state index contributed by atoms with van der Waals surface area (Å²) in [4.78, 5) is 6.08. The number of hydrogen-bond donors (Lipinski definition) is 0. The molecule has 1 fully saturated rings. The third-order valence-electron chi connectivity index (χ3n) is 2.41. The topological polar surface area (TPSA) is 16.1 Å². The third kappa shape index (κ3) is 2.37. The van der Waals surface area contributed by atoms with Crippen LogP contribution in [0.1, 0.15) is 5.56 Å². The van der Waals surface area contributed by atoms with Crippen molar-refractivity contribution in [1.82, 2.24) is 4.98 Å². The molecule has 0 spiro atoms. The van der Waals surface area contributed by atoms with Gasteiger partial charge in [0.2, 0.25) is 0 Å². The molecule has 1 saturated heterocycles. The minimum absolute atomic E-state index is 0.198. The first-order valence-corrected chi connectivity index (χ1v) is 6.54. The average molecular weight is 247 g/mol. The molecule has 2 rings (SSSR count). The molecule has 2 nitrogen and oxygen atoms in total. The van der Waals surface area contributed by atoms with Gasteiger partial charge in [-0.15, -0.1) is 11.6 Å². The van der Waals surface area contributed by atoms with E-state index in [9.17, 15) is 4.39 Å². The van der Waals surface area contributed by atoms with Crippen molar-refractivity contribution in [3.8, 4) is 0 Å². The molecule has 0 atom stereocenters. The Kier molecular flexibility index (Phi) is 3.70. The van der Waals surface area contributed by atoms with Gasteiger partial charge in [-0.3, -0.25) is 0 Å². The SMILES string of the molecule is Fc1c(CCl)ccnc1N1CCSCC1. The van der Waals surface area contributed by atoms with Crippen molar-refractivity contribution in [2.45, 2.75) is 5.88 Å². The van der Waals surface area contributed by atoms with Crippen LogP contribution in [0.25, 0.3) is 0 Å². The van der Waals surface area contributed by atoms with E-state index >= 15 is 0 Å². The summed E-state index contributed by atoms with van der Waals surface area (Å²) in [6.45, 7) is 1.72. The standard InChI is InChI=1S/C10H12ClFN2S/c11-7-8-1-2-13-10(9(8)12)14-3-5-15-6-4-14/h1-2H,3-7H2. The number of hydrogen-bond acceptors (Lipinski definition) is 3. The predicted octanol–water partition coefficient (Wildman–Crippen LogP) is 2.51. The smallest absolute Gasteiger partial charge is 0.170 e. The molecule has 15 heavy (non-hydrogen) atoms. The molecular formula is C10H12ClFN2S. The van der Waals surface area contributed by atoms with Crippen LogP contribution in [-0.2, 0) is 5.88 Å². The normalized spacial score (nSPS) is 16.8. The van der Waals surface area contributed by atoms with E-state index in [2.05, 4.69) is 4.98 Å². The van der Waals surface area contributed by atoms with Gasteiger partial charge in [-0.05, 0) is 6.07 Å². The minimum atomic E-state index is -0.264. The zero-order chi connectivity index (χ0) is 10.7. The van der Waals surface area contributed by atoms with E-state index < -0.39 is 0 Å². The van der Waals surface area contributed by atoms with Gasteiger partial charge in [-0.25, -0.2) is 9.37 Å². The number of thioether (sulfide) groups is 1. The van der Waals surface area contributed by atoms with Gasteiger partial charge >= 0.3 is 0 Å². The largest absolute Gasteiger partial charge is 0.353 e. The summed E-state index contributed by atoms with van der Waals surface area (Å²) in [5.74, 6) is 2.45. The quantitative estimate of drug-likeness (QED) is 0.746. The number of pyridine rings is 1. The molecule has 82 valence electrons. The van der Waals surface area contributed by atoms with Crippen LogP contribution in [0.5, 0.6) is 0 Å². The molecule has 1 aliphatic heterocycles. The van der Waals surface area contributed by atoms with Crippen LogP contribution in [-0.4, -0.2) is 29.6 Å². The lowest BCUT2D eigenvalue weighted by Crippen LogP contribution is -2.34. The number of nitrogens with zero attached hydrogens (tertiary/aromatic N) is 2. The van der Waals surface area contributed by atoms with Gasteiger partial charge < -0.3 is 4.90 Å². The van der Waals surface area contributed by atoms with Gasteiger partial charge in [0.05, 0.1) is 5.88 Å². The highest BCUT2D eigenvalue weighted by Gasteiger charge is 2.17. The molecule has 0 N–H and O–H groups in total. The maximum Gasteiger partial charge on any atom is 0.170 e. The average Bonchev–Trinajstić information content (AvgIpc) is 2.30. The number of halogens is 2. The highest BCUT2D eigenvalue weighted by Crippen LogP contribution is 2.23. The van der Waals surface area contributed by atoms with Gasteiger partial charge in [0.1, 0.15) is 0 Å². The maximum atomic E-state index is 13.9. The molecule has 1 aromatic heterocycles. The Hall–Kier alpha value is -0.480. The molecule has 2 heterocycles. The van der Waals surface area contributed by atoms with E-state index in [-0.39, 0.29) is 11.7 Å². The summed E-state index contributed by atoms with van der Waals surface area (Å²) in [7, 11) is 0. The molecule has 0 aliphatic carbocycles. The van der Waals surface area contributed by atoms with Crippen LogP contribution in [0, 0.1) is 5.82 Å². The van der Waals surface area contributed by atoms with Crippen molar-refractivity contribution >= 4 is 29.2 Å². The number of alkyl halides is 1. The lowest BCUT2D eigenvalue weighted by Gasteiger charge is -2.27. The molecule has 0 bridgehead atoms. The molecule has 0 amide bonds. The minimum Gasteiger partial charge on any atom is -0.353 e. The summed E-state index contributed by atoms with van der Waals surface area (Å²) in [6, 6.07) is 1.63. The third-order valence-corrected chi connectivity index (χ3v) is 3.64. The fourth-order valence-electron chi connectivity index (χ4n) is 1.57. The molecule has 0 aromatic carbocycles. The van der Waals surface area contributed by atoms with E-state index in [0.717, 1.165) is 24.6 Å². The van der Waals surface area contributed by atoms with E-state index in [1.807, 2.05) is 16.7 Å². The summed E-state index contributed by atoms with van der Waals surface area (Å²) < 4.78 is 13.9. The van der Waals surface area contributed by atoms with Crippen LogP contribution in [0.4, 0.5) is 10.2 Å². The Morgan fingerprint density at radius 2 is 2.20 bits per heavy atom. The summed E-state index contributed by atoms with van der Waals surface area (Å²) in [5, 5.41) is 0. The summed E-state index contributed by atoms with van der Waals surface area (Å²) in [6.07, 6.45) is 1.62. The lowest BCUT2D eigenvalue weighted by atomic mass is 10.2.